The van der Waals surface area contributed by atoms with Crippen LogP contribution in [0.25, 0.3) is 5.82 Å². The van der Waals surface area contributed by atoms with Gasteiger partial charge < -0.3 is 4.98 Å². The van der Waals surface area contributed by atoms with Crippen LogP contribution in [0.15, 0.2) is 18.3 Å². The molecule has 2 aromatic rings. The van der Waals surface area contributed by atoms with E-state index >= 15 is 0 Å². The van der Waals surface area contributed by atoms with Crippen molar-refractivity contribution < 1.29 is 0 Å². The quantitative estimate of drug-likeness (QED) is 0.567. The van der Waals surface area contributed by atoms with Crippen LogP contribution in [-0.2, 0) is 0 Å². The standard InChI is InChI=1S/C4H4N6/c1-2-4(5-3-1)10-8-6-7-9-10/h1-3,5H. The van der Waals surface area contributed by atoms with Gasteiger partial charge in [-0.3, -0.25) is 0 Å². The molecule has 2 aromatic heterocycles. The van der Waals surface area contributed by atoms with Crippen LogP contribution in [0.4, 0.5) is 0 Å². The highest BCUT2D eigenvalue weighted by Gasteiger charge is 1.96. The van der Waals surface area contributed by atoms with E-state index in [4.69, 9.17) is 0 Å². The summed E-state index contributed by atoms with van der Waals surface area (Å²) < 4.78 is 0. The minimum Gasteiger partial charge on any atom is -0.345 e. The first kappa shape index (κ1) is 5.10. The fourth-order valence-electron chi connectivity index (χ4n) is 0.671. The van der Waals surface area contributed by atoms with E-state index in [0.717, 1.165) is 5.82 Å². The zero-order valence-corrected chi connectivity index (χ0v) is 4.97. The third-order valence-electron chi connectivity index (χ3n) is 1.09. The Bertz CT molecular complexity index is 249. The summed E-state index contributed by atoms with van der Waals surface area (Å²) >= 11 is 0. The number of hydrogen-bond donors (Lipinski definition) is 1. The fraction of sp³-hybridized carbons (Fsp3) is 0. The molecule has 0 aliphatic heterocycles. The normalized spacial score (nSPS) is 10.0. The van der Waals surface area contributed by atoms with Crippen LogP contribution < -0.4 is 0 Å². The Labute approximate surface area is 55.8 Å². The van der Waals surface area contributed by atoms with Crippen LogP contribution >= 0.6 is 0 Å². The van der Waals surface area contributed by atoms with Gasteiger partial charge in [-0.05, 0) is 33.0 Å². The molecule has 0 aliphatic carbocycles. The summed E-state index contributed by atoms with van der Waals surface area (Å²) in [5.74, 6) is 0.755. The van der Waals surface area contributed by atoms with Crippen molar-refractivity contribution >= 4 is 0 Å². The van der Waals surface area contributed by atoms with E-state index in [1.807, 2.05) is 12.1 Å². The largest absolute Gasteiger partial charge is 0.345 e. The molecule has 0 saturated heterocycles. The highest BCUT2D eigenvalue weighted by molar-refractivity contribution is 5.17. The molecule has 0 aliphatic rings. The summed E-state index contributed by atoms with van der Waals surface area (Å²) in [6, 6.07) is 3.67. The molecule has 0 bridgehead atoms. The second-order valence-electron chi connectivity index (χ2n) is 1.70. The predicted octanol–water partition coefficient (Wildman–Crippen LogP) is -0.615. The van der Waals surface area contributed by atoms with Gasteiger partial charge in [0, 0.05) is 6.20 Å². The average Bonchev–Trinajstić information content (AvgIpc) is 2.59. The molecule has 0 unspecified atom stereocenters. The zero-order valence-electron chi connectivity index (χ0n) is 4.97. The second-order valence-corrected chi connectivity index (χ2v) is 1.70. The number of aromatic nitrogens is 6. The summed E-state index contributed by atoms with van der Waals surface area (Å²) in [5, 5.41) is 13.8. The van der Waals surface area contributed by atoms with Crippen LogP contribution in [0.3, 0.4) is 0 Å². The van der Waals surface area contributed by atoms with Crippen molar-refractivity contribution in [1.29, 1.82) is 0 Å². The topological polar surface area (TPSA) is 72.3 Å². The van der Waals surface area contributed by atoms with Gasteiger partial charge >= 0.3 is 0 Å². The molecule has 10 heavy (non-hydrogen) atoms. The first-order valence-corrected chi connectivity index (χ1v) is 2.72. The van der Waals surface area contributed by atoms with Gasteiger partial charge in [0.2, 0.25) is 0 Å². The first-order valence-electron chi connectivity index (χ1n) is 2.72. The average molecular weight is 136 g/mol. The van der Waals surface area contributed by atoms with Crippen molar-refractivity contribution in [2.45, 2.75) is 0 Å². The van der Waals surface area contributed by atoms with Crippen LogP contribution in [0, 0.1) is 0 Å². The SMILES string of the molecule is c1c[nH]c(-n2nnnn2)c1. The smallest absolute Gasteiger partial charge is 0.156 e. The van der Waals surface area contributed by atoms with Gasteiger partial charge in [-0.1, -0.05) is 4.80 Å². The Morgan fingerprint density at radius 1 is 1.30 bits per heavy atom. The molecule has 1 N–H and O–H groups in total. The van der Waals surface area contributed by atoms with E-state index in [1.54, 1.807) is 6.20 Å². The molecular weight excluding hydrogens is 132 g/mol. The van der Waals surface area contributed by atoms with Gasteiger partial charge in [0.05, 0.1) is 0 Å². The summed E-state index contributed by atoms with van der Waals surface area (Å²) in [5.41, 5.74) is 0. The predicted molar refractivity (Wildman–Crippen MR) is 31.3 cm³/mol. The van der Waals surface area contributed by atoms with Crippen LogP contribution in [-0.4, -0.2) is 30.6 Å². The monoisotopic (exact) mass is 136 g/mol. The third kappa shape index (κ3) is 0.661. The van der Waals surface area contributed by atoms with E-state index in [9.17, 15) is 0 Å². The molecule has 6 heteroatoms. The van der Waals surface area contributed by atoms with Crippen molar-refractivity contribution in [1.82, 2.24) is 30.6 Å². The Hall–Kier alpha value is -1.72. The lowest BCUT2D eigenvalue weighted by Gasteiger charge is -1.86. The molecule has 2 heterocycles. The van der Waals surface area contributed by atoms with Gasteiger partial charge in [-0.15, -0.1) is 0 Å². The van der Waals surface area contributed by atoms with Gasteiger partial charge in [0.15, 0.2) is 5.82 Å². The Morgan fingerprint density at radius 2 is 2.10 bits per heavy atom. The lowest BCUT2D eigenvalue weighted by atomic mass is 10.6. The Balaban J connectivity index is 2.48. The van der Waals surface area contributed by atoms with Gasteiger partial charge in [0.25, 0.3) is 0 Å². The zero-order chi connectivity index (χ0) is 6.81. The number of nitrogens with one attached hydrogen (secondary N) is 1. The highest BCUT2D eigenvalue weighted by atomic mass is 15.7. The van der Waals surface area contributed by atoms with Crippen LogP contribution in [0.2, 0.25) is 0 Å². The molecule has 0 radical (unpaired) electrons. The number of hydrogen-bond acceptors (Lipinski definition) is 4. The highest BCUT2D eigenvalue weighted by Crippen LogP contribution is 1.95. The Morgan fingerprint density at radius 3 is 2.70 bits per heavy atom. The lowest BCUT2D eigenvalue weighted by Crippen LogP contribution is -1.98. The van der Waals surface area contributed by atoms with Crippen molar-refractivity contribution in [2.75, 3.05) is 0 Å². The van der Waals surface area contributed by atoms with E-state index < -0.39 is 0 Å². The summed E-state index contributed by atoms with van der Waals surface area (Å²) in [7, 11) is 0. The van der Waals surface area contributed by atoms with E-state index in [2.05, 4.69) is 25.8 Å². The van der Waals surface area contributed by atoms with Crippen molar-refractivity contribution in [3.63, 3.8) is 0 Å². The maximum atomic E-state index is 3.57. The number of aromatic amines is 1. The molecule has 0 spiro atoms. The molecule has 6 nitrogen and oxygen atoms in total. The number of rotatable bonds is 1. The van der Waals surface area contributed by atoms with E-state index in [-0.39, 0.29) is 0 Å². The summed E-state index contributed by atoms with van der Waals surface area (Å²) in [6.45, 7) is 0. The van der Waals surface area contributed by atoms with Crippen molar-refractivity contribution in [3.05, 3.63) is 18.3 Å². The van der Waals surface area contributed by atoms with Crippen molar-refractivity contribution in [3.8, 4) is 5.82 Å². The molecule has 0 aromatic carbocycles. The molecule has 0 atom stereocenters. The van der Waals surface area contributed by atoms with Crippen LogP contribution in [0.5, 0.6) is 0 Å². The number of nitrogens with zero attached hydrogens (tertiary/aromatic N) is 5. The van der Waals surface area contributed by atoms with Crippen LogP contribution in [0.1, 0.15) is 0 Å². The first-order chi connectivity index (χ1) is 4.97. The molecule has 0 fully saturated rings. The molecule has 0 saturated carbocycles. The maximum absolute atomic E-state index is 3.57. The minimum absolute atomic E-state index is 0.755. The summed E-state index contributed by atoms with van der Waals surface area (Å²) in [6.07, 6.45) is 1.78. The third-order valence-corrected chi connectivity index (χ3v) is 1.09. The van der Waals surface area contributed by atoms with Gasteiger partial charge in [-0.2, -0.15) is 0 Å². The maximum Gasteiger partial charge on any atom is 0.156 e. The molecule has 50 valence electrons. The van der Waals surface area contributed by atoms with E-state index in [1.165, 1.54) is 4.80 Å². The number of H-pyrrole nitrogens is 1. The molecular formula is C4H4N6. The van der Waals surface area contributed by atoms with Gasteiger partial charge in [0.1, 0.15) is 0 Å². The van der Waals surface area contributed by atoms with Gasteiger partial charge in [-0.25, -0.2) is 0 Å². The van der Waals surface area contributed by atoms with Crippen molar-refractivity contribution in [2.24, 2.45) is 0 Å². The summed E-state index contributed by atoms with van der Waals surface area (Å²) in [4.78, 5) is 4.20. The lowest BCUT2D eigenvalue weighted by molar-refractivity contribution is 0.697. The van der Waals surface area contributed by atoms with E-state index in [0.29, 0.717) is 0 Å². The Kier molecular flexibility index (Phi) is 0.970. The molecule has 0 amide bonds. The fourth-order valence-corrected chi connectivity index (χ4v) is 0.671. The second kappa shape index (κ2) is 1.90. The molecule has 2 rings (SSSR count). The minimum atomic E-state index is 0.755.